The number of benzene rings is 3. The predicted octanol–water partition coefficient (Wildman–Crippen LogP) is -0.205. The van der Waals surface area contributed by atoms with Gasteiger partial charge in [-0.05, 0) is 53.6 Å². The van der Waals surface area contributed by atoms with Crippen molar-refractivity contribution in [2.24, 2.45) is 0 Å². The van der Waals surface area contributed by atoms with Crippen LogP contribution >= 0.6 is 0 Å². The van der Waals surface area contributed by atoms with Crippen LogP contribution in [-0.2, 0) is 0 Å². The van der Waals surface area contributed by atoms with Gasteiger partial charge in [0.15, 0.2) is 0 Å². The quantitative estimate of drug-likeness (QED) is 0.430. The number of rotatable bonds is 4. The van der Waals surface area contributed by atoms with Crippen LogP contribution in [0.25, 0.3) is 28.7 Å². The van der Waals surface area contributed by atoms with Crippen LogP contribution in [0.3, 0.4) is 0 Å². The van der Waals surface area contributed by atoms with Gasteiger partial charge in [0.05, 0.1) is 34.2 Å². The van der Waals surface area contributed by atoms with E-state index >= 15 is 0 Å². The van der Waals surface area contributed by atoms with Gasteiger partial charge in [-0.2, -0.15) is 5.26 Å². The first-order valence-electron chi connectivity index (χ1n) is 9.08. The van der Waals surface area contributed by atoms with Crippen molar-refractivity contribution < 1.29 is 39.5 Å². The van der Waals surface area contributed by atoms with Gasteiger partial charge in [0.2, 0.25) is 0 Å². The first-order valence-corrected chi connectivity index (χ1v) is 9.08. The Kier molecular flexibility index (Phi) is 6.83. The molecule has 31 heavy (non-hydrogen) atoms. The molecule has 0 saturated heterocycles. The van der Waals surface area contributed by atoms with Crippen molar-refractivity contribution in [2.45, 2.75) is 0 Å². The van der Waals surface area contributed by atoms with Gasteiger partial charge in [-0.15, -0.1) is 0 Å². The molecule has 0 aliphatic heterocycles. The second-order valence-electron chi connectivity index (χ2n) is 6.53. The second kappa shape index (κ2) is 9.54. The number of para-hydroxylation sites is 1. The van der Waals surface area contributed by atoms with Crippen molar-refractivity contribution in [2.75, 3.05) is 0 Å². The van der Waals surface area contributed by atoms with E-state index in [0.717, 1.165) is 5.56 Å². The molecule has 0 spiro atoms. The molecule has 144 valence electrons. The summed E-state index contributed by atoms with van der Waals surface area (Å²) in [5.41, 5.74) is 1.94. The van der Waals surface area contributed by atoms with E-state index in [0.29, 0.717) is 28.0 Å². The van der Waals surface area contributed by atoms with Crippen LogP contribution in [-0.4, -0.2) is 15.5 Å². The third-order valence-electron chi connectivity index (χ3n) is 4.61. The monoisotopic (exact) mass is 415 g/mol. The van der Waals surface area contributed by atoms with Crippen LogP contribution in [0.2, 0.25) is 0 Å². The van der Waals surface area contributed by atoms with E-state index in [-0.39, 0.29) is 40.7 Å². The molecule has 7 heteroatoms. The zero-order valence-electron chi connectivity index (χ0n) is 16.6. The molecule has 0 N–H and O–H groups in total. The van der Waals surface area contributed by atoms with Gasteiger partial charge < -0.3 is 9.90 Å². The van der Waals surface area contributed by atoms with Crippen LogP contribution in [0, 0.1) is 11.3 Å². The summed E-state index contributed by atoms with van der Waals surface area (Å²) in [6.45, 7) is 0. The Morgan fingerprint density at radius 1 is 1.00 bits per heavy atom. The standard InChI is InChI=1S/C24H15N3O3.Na/c25-15-17-10-8-16(9-11-17)12-13-22-26-21-7-2-1-6-20(21)23(28)27(22)19-5-3-4-18(14-19)24(29)30;/h1-14H,(H,29,30);/q;+1/p-1/b13-12+;. The van der Waals surface area contributed by atoms with Gasteiger partial charge in [0.1, 0.15) is 5.82 Å². The molecule has 0 unspecified atom stereocenters. The number of aromatic nitrogens is 2. The molecule has 0 aliphatic rings. The Bertz CT molecular complexity index is 1400. The maximum absolute atomic E-state index is 13.2. The van der Waals surface area contributed by atoms with Crippen molar-refractivity contribution in [3.63, 3.8) is 0 Å². The summed E-state index contributed by atoms with van der Waals surface area (Å²) < 4.78 is 1.37. The Morgan fingerprint density at radius 3 is 2.45 bits per heavy atom. The van der Waals surface area contributed by atoms with E-state index < -0.39 is 5.97 Å². The zero-order valence-corrected chi connectivity index (χ0v) is 18.6. The van der Waals surface area contributed by atoms with E-state index in [1.165, 1.54) is 16.7 Å². The molecule has 3 aromatic carbocycles. The molecule has 4 rings (SSSR count). The fourth-order valence-corrected chi connectivity index (χ4v) is 3.12. The third kappa shape index (κ3) is 4.65. The molecule has 0 saturated carbocycles. The van der Waals surface area contributed by atoms with E-state index in [1.54, 1.807) is 72.8 Å². The molecule has 0 bridgehead atoms. The maximum atomic E-state index is 13.2. The van der Waals surface area contributed by atoms with Crippen LogP contribution in [0.1, 0.15) is 27.3 Å². The van der Waals surface area contributed by atoms with Crippen LogP contribution in [0.5, 0.6) is 0 Å². The zero-order chi connectivity index (χ0) is 21.1. The molecule has 0 radical (unpaired) electrons. The molecule has 6 nitrogen and oxygen atoms in total. The molecule has 4 aromatic rings. The fourth-order valence-electron chi connectivity index (χ4n) is 3.12. The van der Waals surface area contributed by atoms with Crippen molar-refractivity contribution in [3.05, 3.63) is 106 Å². The summed E-state index contributed by atoms with van der Waals surface area (Å²) in [7, 11) is 0. The number of hydrogen-bond acceptors (Lipinski definition) is 5. The molecule has 1 heterocycles. The molecule has 1 aromatic heterocycles. The summed E-state index contributed by atoms with van der Waals surface area (Å²) in [4.78, 5) is 29.1. The Morgan fingerprint density at radius 2 is 1.74 bits per heavy atom. The summed E-state index contributed by atoms with van der Waals surface area (Å²) in [6, 6.07) is 22.0. The smallest absolute Gasteiger partial charge is 0.545 e. The average Bonchev–Trinajstić information content (AvgIpc) is 2.78. The first-order chi connectivity index (χ1) is 14.6. The first kappa shape index (κ1) is 22.2. The van der Waals surface area contributed by atoms with Crippen LogP contribution in [0.4, 0.5) is 0 Å². The Balaban J connectivity index is 0.00000272. The number of hydrogen-bond donors (Lipinski definition) is 0. The maximum Gasteiger partial charge on any atom is 1.00 e. The molecule has 0 aliphatic carbocycles. The number of nitriles is 1. The normalized spacial score (nSPS) is 10.5. The molecule has 0 fully saturated rings. The van der Waals surface area contributed by atoms with Crippen molar-refractivity contribution in [3.8, 4) is 11.8 Å². The van der Waals surface area contributed by atoms with E-state index in [4.69, 9.17) is 5.26 Å². The van der Waals surface area contributed by atoms with E-state index in [1.807, 2.05) is 0 Å². The van der Waals surface area contributed by atoms with Gasteiger partial charge >= 0.3 is 29.6 Å². The number of carboxylic acids is 1. The van der Waals surface area contributed by atoms with E-state index in [9.17, 15) is 14.7 Å². The van der Waals surface area contributed by atoms with Gasteiger partial charge in [-0.1, -0.05) is 42.5 Å². The molecular weight excluding hydrogens is 401 g/mol. The van der Waals surface area contributed by atoms with Crippen molar-refractivity contribution in [1.29, 1.82) is 5.26 Å². The predicted molar refractivity (Wildman–Crippen MR) is 112 cm³/mol. The topological polar surface area (TPSA) is 98.8 Å². The van der Waals surface area contributed by atoms with Gasteiger partial charge in [0, 0.05) is 0 Å². The number of carbonyl (C=O) groups excluding carboxylic acids is 1. The van der Waals surface area contributed by atoms with Crippen LogP contribution in [0.15, 0.2) is 77.6 Å². The average molecular weight is 415 g/mol. The number of nitrogens with zero attached hydrogens (tertiary/aromatic N) is 3. The Hall–Kier alpha value is -3.50. The van der Waals surface area contributed by atoms with Crippen molar-refractivity contribution in [1.82, 2.24) is 9.55 Å². The summed E-state index contributed by atoms with van der Waals surface area (Å²) in [5, 5.41) is 20.6. The molecular formula is C24H14N3NaO3. The molecule has 0 atom stereocenters. The van der Waals surface area contributed by atoms with Crippen LogP contribution < -0.4 is 40.2 Å². The third-order valence-corrected chi connectivity index (χ3v) is 4.61. The SMILES string of the molecule is N#Cc1ccc(/C=C/c2nc3ccccc3c(=O)n2-c2cccc(C(=O)[O-])c2)cc1.[Na+]. The number of carbonyl (C=O) groups is 1. The largest absolute Gasteiger partial charge is 1.00 e. The number of aromatic carboxylic acids is 1. The minimum atomic E-state index is -1.33. The van der Waals surface area contributed by atoms with E-state index in [2.05, 4.69) is 11.1 Å². The minimum Gasteiger partial charge on any atom is -0.545 e. The summed E-state index contributed by atoms with van der Waals surface area (Å²) >= 11 is 0. The Labute approximate surface area is 200 Å². The van der Waals surface area contributed by atoms with Gasteiger partial charge in [-0.3, -0.25) is 9.36 Å². The van der Waals surface area contributed by atoms with Crippen molar-refractivity contribution >= 4 is 29.0 Å². The summed E-state index contributed by atoms with van der Waals surface area (Å²) in [5.74, 6) is -0.980. The summed E-state index contributed by atoms with van der Waals surface area (Å²) in [6.07, 6.45) is 3.46. The number of carboxylic acid groups (broad SMARTS) is 1. The minimum absolute atomic E-state index is 0. The van der Waals surface area contributed by atoms with Gasteiger partial charge in [0.25, 0.3) is 5.56 Å². The fraction of sp³-hybridized carbons (Fsp3) is 0. The van der Waals surface area contributed by atoms with Gasteiger partial charge in [-0.25, -0.2) is 4.98 Å². The molecule has 0 amide bonds. The number of fused-ring (bicyclic) bond motifs is 1. The second-order valence-corrected chi connectivity index (χ2v) is 6.53.